The predicted molar refractivity (Wildman–Crippen MR) is 112 cm³/mol. The second kappa shape index (κ2) is 10.8. The number of ether oxygens (including phenoxy) is 2. The summed E-state index contributed by atoms with van der Waals surface area (Å²) in [5.41, 5.74) is 1.15. The third-order valence-electron chi connectivity index (χ3n) is 5.25. The molecule has 0 bridgehead atoms. The van der Waals surface area contributed by atoms with E-state index < -0.39 is 6.10 Å². The molecule has 0 spiro atoms. The maximum Gasteiger partial charge on any atom is 0.309 e. The van der Waals surface area contributed by atoms with E-state index in [4.69, 9.17) is 9.47 Å². The molecule has 5 nitrogen and oxygen atoms in total. The molecule has 6 heteroatoms. The molecular weight excluding hydrogens is 385 g/mol. The Morgan fingerprint density at radius 2 is 1.83 bits per heavy atom. The standard InChI is InChI=1S/C24H28FNO4/c1-18(17-29-22-9-5-8-21(25)16-22)30-24(28)20-12-14-26(15-13-20)23(27)11-10-19-6-3-2-4-7-19/h2-9,16,18,20H,10-15,17H2,1H3. The van der Waals surface area contributed by atoms with E-state index in [-0.39, 0.29) is 30.2 Å². The summed E-state index contributed by atoms with van der Waals surface area (Å²) in [7, 11) is 0. The summed E-state index contributed by atoms with van der Waals surface area (Å²) < 4.78 is 24.1. The van der Waals surface area contributed by atoms with Gasteiger partial charge in [0.05, 0.1) is 5.92 Å². The van der Waals surface area contributed by atoms with Gasteiger partial charge in [0, 0.05) is 25.6 Å². The number of benzene rings is 2. The zero-order valence-electron chi connectivity index (χ0n) is 17.3. The lowest BCUT2D eigenvalue weighted by Gasteiger charge is -2.31. The summed E-state index contributed by atoms with van der Waals surface area (Å²) >= 11 is 0. The van der Waals surface area contributed by atoms with Crippen LogP contribution in [0.15, 0.2) is 54.6 Å². The van der Waals surface area contributed by atoms with Gasteiger partial charge < -0.3 is 14.4 Å². The molecule has 0 aliphatic carbocycles. The molecule has 2 aromatic carbocycles. The van der Waals surface area contributed by atoms with Crippen LogP contribution in [-0.2, 0) is 20.7 Å². The van der Waals surface area contributed by atoms with Gasteiger partial charge in [-0.15, -0.1) is 0 Å². The second-order valence-electron chi connectivity index (χ2n) is 7.66. The van der Waals surface area contributed by atoms with E-state index in [1.165, 1.54) is 12.1 Å². The van der Waals surface area contributed by atoms with Crippen LogP contribution >= 0.6 is 0 Å². The topological polar surface area (TPSA) is 55.8 Å². The lowest BCUT2D eigenvalue weighted by atomic mass is 9.96. The van der Waals surface area contributed by atoms with Crippen molar-refractivity contribution in [2.24, 2.45) is 5.92 Å². The molecule has 0 radical (unpaired) electrons. The van der Waals surface area contributed by atoms with Crippen LogP contribution in [0.25, 0.3) is 0 Å². The van der Waals surface area contributed by atoms with Crippen LogP contribution in [0.5, 0.6) is 5.75 Å². The highest BCUT2D eigenvalue weighted by molar-refractivity contribution is 5.77. The van der Waals surface area contributed by atoms with E-state index in [2.05, 4.69) is 0 Å². The number of piperidine rings is 1. The Bertz CT molecular complexity index is 834. The Kier molecular flexibility index (Phi) is 7.82. The van der Waals surface area contributed by atoms with E-state index in [0.29, 0.717) is 38.1 Å². The van der Waals surface area contributed by atoms with Crippen molar-refractivity contribution in [3.63, 3.8) is 0 Å². The highest BCUT2D eigenvalue weighted by Gasteiger charge is 2.29. The molecule has 1 fully saturated rings. The van der Waals surface area contributed by atoms with Crippen molar-refractivity contribution in [3.8, 4) is 5.75 Å². The third kappa shape index (κ3) is 6.58. The van der Waals surface area contributed by atoms with Gasteiger partial charge in [0.25, 0.3) is 0 Å². The van der Waals surface area contributed by atoms with Gasteiger partial charge in [-0.2, -0.15) is 0 Å². The average Bonchev–Trinajstić information content (AvgIpc) is 2.77. The van der Waals surface area contributed by atoms with Gasteiger partial charge in [-0.05, 0) is 43.9 Å². The fourth-order valence-corrected chi connectivity index (χ4v) is 3.52. The Morgan fingerprint density at radius 3 is 2.53 bits per heavy atom. The van der Waals surface area contributed by atoms with Crippen LogP contribution in [0.1, 0.15) is 31.7 Å². The van der Waals surface area contributed by atoms with Crippen molar-refractivity contribution in [1.82, 2.24) is 4.90 Å². The highest BCUT2D eigenvalue weighted by Crippen LogP contribution is 2.21. The number of carbonyl (C=O) groups is 2. The maximum absolute atomic E-state index is 13.2. The Labute approximate surface area is 176 Å². The van der Waals surface area contributed by atoms with E-state index in [1.807, 2.05) is 35.2 Å². The predicted octanol–water partition coefficient (Wildman–Crippen LogP) is 4.01. The lowest BCUT2D eigenvalue weighted by molar-refractivity contribution is -0.157. The third-order valence-corrected chi connectivity index (χ3v) is 5.25. The largest absolute Gasteiger partial charge is 0.490 e. The number of aryl methyl sites for hydroxylation is 1. The fraction of sp³-hybridized carbons (Fsp3) is 0.417. The van der Waals surface area contributed by atoms with Crippen LogP contribution in [0.2, 0.25) is 0 Å². The quantitative estimate of drug-likeness (QED) is 0.614. The molecule has 0 N–H and O–H groups in total. The van der Waals surface area contributed by atoms with Crippen LogP contribution in [0.4, 0.5) is 4.39 Å². The zero-order valence-corrected chi connectivity index (χ0v) is 17.3. The smallest absolute Gasteiger partial charge is 0.309 e. The molecule has 3 rings (SSSR count). The molecule has 1 atom stereocenters. The number of rotatable bonds is 8. The summed E-state index contributed by atoms with van der Waals surface area (Å²) in [5, 5.41) is 0. The number of likely N-dealkylation sites (tertiary alicyclic amines) is 1. The number of hydrogen-bond acceptors (Lipinski definition) is 4. The normalized spacial score (nSPS) is 15.5. The Balaban J connectivity index is 1.36. The first kappa shape index (κ1) is 21.8. The van der Waals surface area contributed by atoms with E-state index in [1.54, 1.807) is 19.1 Å². The number of carbonyl (C=O) groups excluding carboxylic acids is 2. The van der Waals surface area contributed by atoms with Crippen molar-refractivity contribution < 1.29 is 23.5 Å². The average molecular weight is 413 g/mol. The highest BCUT2D eigenvalue weighted by atomic mass is 19.1. The summed E-state index contributed by atoms with van der Waals surface area (Å²) in [5.74, 6) is -0.313. The van der Waals surface area contributed by atoms with E-state index in [9.17, 15) is 14.0 Å². The second-order valence-corrected chi connectivity index (χ2v) is 7.66. The fourth-order valence-electron chi connectivity index (χ4n) is 3.52. The monoisotopic (exact) mass is 413 g/mol. The van der Waals surface area contributed by atoms with Gasteiger partial charge in [-0.1, -0.05) is 36.4 Å². The Hall–Kier alpha value is -2.89. The number of esters is 1. The van der Waals surface area contributed by atoms with Crippen molar-refractivity contribution >= 4 is 11.9 Å². The molecular formula is C24H28FNO4. The van der Waals surface area contributed by atoms with Crippen molar-refractivity contribution in [2.75, 3.05) is 19.7 Å². The first-order valence-electron chi connectivity index (χ1n) is 10.4. The summed E-state index contributed by atoms with van der Waals surface area (Å²) in [4.78, 5) is 26.7. The van der Waals surface area contributed by atoms with E-state index in [0.717, 1.165) is 12.0 Å². The van der Waals surface area contributed by atoms with Gasteiger partial charge >= 0.3 is 5.97 Å². The van der Waals surface area contributed by atoms with Crippen LogP contribution in [0.3, 0.4) is 0 Å². The molecule has 1 amide bonds. The Morgan fingerprint density at radius 1 is 1.10 bits per heavy atom. The summed E-state index contributed by atoms with van der Waals surface area (Å²) in [6.07, 6.45) is 1.98. The van der Waals surface area contributed by atoms with Crippen LogP contribution in [0, 0.1) is 11.7 Å². The first-order chi connectivity index (χ1) is 14.5. The van der Waals surface area contributed by atoms with Gasteiger partial charge in [-0.25, -0.2) is 4.39 Å². The minimum atomic E-state index is -0.439. The first-order valence-corrected chi connectivity index (χ1v) is 10.4. The minimum absolute atomic E-state index is 0.127. The van der Waals surface area contributed by atoms with Gasteiger partial charge in [0.2, 0.25) is 5.91 Å². The SMILES string of the molecule is CC(COc1cccc(F)c1)OC(=O)C1CCN(C(=O)CCc2ccccc2)CC1. The van der Waals surface area contributed by atoms with Gasteiger partial charge in [0.15, 0.2) is 0 Å². The van der Waals surface area contributed by atoms with Crippen molar-refractivity contribution in [1.29, 1.82) is 0 Å². The molecule has 1 heterocycles. The molecule has 1 aliphatic rings. The maximum atomic E-state index is 13.2. The molecule has 2 aromatic rings. The molecule has 160 valence electrons. The molecule has 1 aliphatic heterocycles. The van der Waals surface area contributed by atoms with Gasteiger partial charge in [-0.3, -0.25) is 9.59 Å². The molecule has 0 aromatic heterocycles. The van der Waals surface area contributed by atoms with Gasteiger partial charge in [0.1, 0.15) is 24.3 Å². The molecule has 1 unspecified atom stereocenters. The van der Waals surface area contributed by atoms with E-state index >= 15 is 0 Å². The number of hydrogen-bond donors (Lipinski definition) is 0. The number of halogens is 1. The zero-order chi connectivity index (χ0) is 21.3. The van der Waals surface area contributed by atoms with Crippen LogP contribution < -0.4 is 4.74 Å². The minimum Gasteiger partial charge on any atom is -0.490 e. The number of nitrogens with zero attached hydrogens (tertiary/aromatic N) is 1. The number of amides is 1. The summed E-state index contributed by atoms with van der Waals surface area (Å²) in [6.45, 7) is 3.05. The van der Waals surface area contributed by atoms with Crippen molar-refractivity contribution in [3.05, 3.63) is 66.0 Å². The molecule has 0 saturated carbocycles. The summed E-state index contributed by atoms with van der Waals surface area (Å²) in [6, 6.07) is 15.8. The lowest BCUT2D eigenvalue weighted by Crippen LogP contribution is -2.41. The van der Waals surface area contributed by atoms with Crippen molar-refractivity contribution in [2.45, 2.75) is 38.7 Å². The van der Waals surface area contributed by atoms with Crippen LogP contribution in [-0.4, -0.2) is 42.6 Å². The molecule has 1 saturated heterocycles. The molecule has 30 heavy (non-hydrogen) atoms.